The highest BCUT2D eigenvalue weighted by molar-refractivity contribution is 6.32. The lowest BCUT2D eigenvalue weighted by atomic mass is 10.1. The highest BCUT2D eigenvalue weighted by atomic mass is 35.5. The maximum absolute atomic E-state index is 12.5. The maximum atomic E-state index is 12.5. The van der Waals surface area contributed by atoms with Crippen LogP contribution in [0.4, 0.5) is 4.79 Å². The summed E-state index contributed by atoms with van der Waals surface area (Å²) in [6.45, 7) is 3.79. The predicted molar refractivity (Wildman–Crippen MR) is 91.4 cm³/mol. The number of carbonyl (C=O) groups is 2. The third-order valence-corrected chi connectivity index (χ3v) is 4.96. The van der Waals surface area contributed by atoms with Crippen LogP contribution in [0.15, 0.2) is 18.2 Å². The first-order valence-electron chi connectivity index (χ1n) is 8.38. The average molecular weight is 352 g/mol. The van der Waals surface area contributed by atoms with Crippen molar-refractivity contribution in [2.24, 2.45) is 0 Å². The van der Waals surface area contributed by atoms with E-state index in [9.17, 15) is 14.7 Å². The Hall–Kier alpha value is -1.95. The van der Waals surface area contributed by atoms with Crippen LogP contribution < -0.4 is 0 Å². The Labute approximate surface area is 146 Å². The van der Waals surface area contributed by atoms with Crippen LogP contribution in [0.3, 0.4) is 0 Å². The fourth-order valence-corrected chi connectivity index (χ4v) is 3.39. The van der Waals surface area contributed by atoms with Crippen LogP contribution in [0, 0.1) is 0 Å². The van der Waals surface area contributed by atoms with Crippen LogP contribution in [0.2, 0.25) is 5.02 Å². The van der Waals surface area contributed by atoms with Crippen LogP contribution in [-0.4, -0.2) is 71.0 Å². The Morgan fingerprint density at radius 1 is 0.875 bits per heavy atom. The van der Waals surface area contributed by atoms with E-state index >= 15 is 0 Å². The number of piperazine rings is 1. The highest BCUT2D eigenvalue weighted by Crippen LogP contribution is 2.24. The smallest absolute Gasteiger partial charge is 0.320 e. The van der Waals surface area contributed by atoms with Gasteiger partial charge in [0, 0.05) is 44.8 Å². The van der Waals surface area contributed by atoms with Gasteiger partial charge in [0.2, 0.25) is 0 Å². The highest BCUT2D eigenvalue weighted by Gasteiger charge is 2.28. The molecular formula is C17H22ClN3O3. The van der Waals surface area contributed by atoms with Crippen molar-refractivity contribution in [1.82, 2.24) is 14.7 Å². The van der Waals surface area contributed by atoms with E-state index in [4.69, 9.17) is 11.6 Å². The third kappa shape index (κ3) is 3.59. The number of phenols is 1. The molecule has 3 amide bonds. The molecule has 0 spiro atoms. The SMILES string of the molecule is O=C(c1ccc(O)c(Cl)c1)N1CCN(C(=O)N2CCCCC2)CC1. The summed E-state index contributed by atoms with van der Waals surface area (Å²) in [4.78, 5) is 30.5. The van der Waals surface area contributed by atoms with Crippen LogP contribution in [-0.2, 0) is 0 Å². The zero-order chi connectivity index (χ0) is 17.1. The molecule has 0 radical (unpaired) electrons. The molecule has 1 aromatic rings. The number of phenolic OH excluding ortho intramolecular Hbond substituents is 1. The van der Waals surface area contributed by atoms with E-state index in [2.05, 4.69) is 0 Å². The van der Waals surface area contributed by atoms with Gasteiger partial charge in [-0.15, -0.1) is 0 Å². The van der Waals surface area contributed by atoms with Gasteiger partial charge >= 0.3 is 6.03 Å². The molecule has 3 rings (SSSR count). The molecule has 2 saturated heterocycles. The minimum atomic E-state index is -0.123. The predicted octanol–water partition coefficient (Wildman–Crippen LogP) is 2.41. The number of aromatic hydroxyl groups is 1. The zero-order valence-electron chi connectivity index (χ0n) is 13.6. The van der Waals surface area contributed by atoms with Gasteiger partial charge in [-0.25, -0.2) is 4.79 Å². The molecule has 0 bridgehead atoms. The molecule has 0 aromatic heterocycles. The number of amides is 3. The lowest BCUT2D eigenvalue weighted by Gasteiger charge is -2.38. The van der Waals surface area contributed by atoms with E-state index < -0.39 is 0 Å². The number of rotatable bonds is 1. The molecule has 130 valence electrons. The standard InChI is InChI=1S/C17H22ClN3O3/c18-14-12-13(4-5-15(14)22)16(23)19-8-10-21(11-9-19)17(24)20-6-2-1-3-7-20/h4-5,12,22H,1-3,6-11H2. The normalized spacial score (nSPS) is 18.6. The number of hydrogen-bond donors (Lipinski definition) is 1. The number of benzene rings is 1. The number of halogens is 1. The maximum Gasteiger partial charge on any atom is 0.320 e. The number of piperidine rings is 1. The van der Waals surface area contributed by atoms with Crippen molar-refractivity contribution in [3.63, 3.8) is 0 Å². The van der Waals surface area contributed by atoms with Gasteiger partial charge in [0.05, 0.1) is 5.02 Å². The van der Waals surface area contributed by atoms with Gasteiger partial charge in [0.1, 0.15) is 5.75 Å². The summed E-state index contributed by atoms with van der Waals surface area (Å²) in [5.41, 5.74) is 0.452. The summed E-state index contributed by atoms with van der Waals surface area (Å²) < 4.78 is 0. The summed E-state index contributed by atoms with van der Waals surface area (Å²) in [5, 5.41) is 9.62. The van der Waals surface area contributed by atoms with Gasteiger partial charge in [0.15, 0.2) is 0 Å². The molecular weight excluding hydrogens is 330 g/mol. The summed E-state index contributed by atoms with van der Waals surface area (Å²) in [6.07, 6.45) is 3.35. The summed E-state index contributed by atoms with van der Waals surface area (Å²) in [7, 11) is 0. The van der Waals surface area contributed by atoms with Crippen molar-refractivity contribution >= 4 is 23.5 Å². The molecule has 6 nitrogen and oxygen atoms in total. The minimum Gasteiger partial charge on any atom is -0.506 e. The second kappa shape index (κ2) is 7.30. The topological polar surface area (TPSA) is 64.1 Å². The Balaban J connectivity index is 1.57. The Morgan fingerprint density at radius 2 is 1.46 bits per heavy atom. The zero-order valence-corrected chi connectivity index (χ0v) is 14.3. The van der Waals surface area contributed by atoms with Gasteiger partial charge in [-0.05, 0) is 37.5 Å². The number of carbonyl (C=O) groups excluding carboxylic acids is 2. The molecule has 2 fully saturated rings. The fraction of sp³-hybridized carbons (Fsp3) is 0.529. The van der Waals surface area contributed by atoms with Crippen molar-refractivity contribution in [2.45, 2.75) is 19.3 Å². The van der Waals surface area contributed by atoms with Gasteiger partial charge in [-0.2, -0.15) is 0 Å². The first-order chi connectivity index (χ1) is 11.6. The molecule has 2 heterocycles. The molecule has 2 aliphatic rings. The number of likely N-dealkylation sites (tertiary alicyclic amines) is 1. The number of nitrogens with zero attached hydrogens (tertiary/aromatic N) is 3. The van der Waals surface area contributed by atoms with E-state index in [-0.39, 0.29) is 22.7 Å². The van der Waals surface area contributed by atoms with Gasteiger partial charge in [-0.3, -0.25) is 4.79 Å². The van der Waals surface area contributed by atoms with E-state index in [1.54, 1.807) is 11.0 Å². The lowest BCUT2D eigenvalue weighted by molar-refractivity contribution is 0.0633. The Kier molecular flexibility index (Phi) is 5.14. The molecule has 24 heavy (non-hydrogen) atoms. The average Bonchev–Trinajstić information content (AvgIpc) is 2.63. The molecule has 0 atom stereocenters. The molecule has 1 aromatic carbocycles. The molecule has 0 unspecified atom stereocenters. The molecule has 0 saturated carbocycles. The van der Waals surface area contributed by atoms with Crippen LogP contribution in [0.25, 0.3) is 0 Å². The minimum absolute atomic E-state index is 0.0369. The third-order valence-electron chi connectivity index (χ3n) is 4.66. The van der Waals surface area contributed by atoms with Crippen molar-refractivity contribution < 1.29 is 14.7 Å². The molecule has 2 aliphatic heterocycles. The van der Waals surface area contributed by atoms with Crippen molar-refractivity contribution in [2.75, 3.05) is 39.3 Å². The fourth-order valence-electron chi connectivity index (χ4n) is 3.21. The Morgan fingerprint density at radius 3 is 2.08 bits per heavy atom. The van der Waals surface area contributed by atoms with Crippen LogP contribution >= 0.6 is 11.6 Å². The second-order valence-electron chi connectivity index (χ2n) is 6.28. The Bertz CT molecular complexity index is 624. The quantitative estimate of drug-likeness (QED) is 0.845. The summed E-state index contributed by atoms with van der Waals surface area (Å²) >= 11 is 5.87. The summed E-state index contributed by atoms with van der Waals surface area (Å²) in [5.74, 6) is -0.160. The van der Waals surface area contributed by atoms with Crippen LogP contribution in [0.5, 0.6) is 5.75 Å². The van der Waals surface area contributed by atoms with Crippen LogP contribution in [0.1, 0.15) is 29.6 Å². The van der Waals surface area contributed by atoms with Crippen molar-refractivity contribution in [3.05, 3.63) is 28.8 Å². The van der Waals surface area contributed by atoms with Gasteiger partial charge in [0.25, 0.3) is 5.91 Å². The molecule has 0 aliphatic carbocycles. The monoisotopic (exact) mass is 351 g/mol. The van der Waals surface area contributed by atoms with E-state index in [1.165, 1.54) is 18.6 Å². The first-order valence-corrected chi connectivity index (χ1v) is 8.76. The van der Waals surface area contributed by atoms with Crippen molar-refractivity contribution in [3.8, 4) is 5.75 Å². The first kappa shape index (κ1) is 16.9. The molecule has 7 heteroatoms. The number of hydrogen-bond acceptors (Lipinski definition) is 3. The van der Waals surface area contributed by atoms with Gasteiger partial charge in [-0.1, -0.05) is 11.6 Å². The van der Waals surface area contributed by atoms with E-state index in [0.29, 0.717) is 31.7 Å². The molecule has 1 N–H and O–H groups in total. The largest absolute Gasteiger partial charge is 0.506 e. The number of urea groups is 1. The van der Waals surface area contributed by atoms with Gasteiger partial charge < -0.3 is 19.8 Å². The van der Waals surface area contributed by atoms with E-state index in [1.807, 2.05) is 9.80 Å². The summed E-state index contributed by atoms with van der Waals surface area (Å²) in [6, 6.07) is 4.56. The van der Waals surface area contributed by atoms with Crippen molar-refractivity contribution in [1.29, 1.82) is 0 Å². The lowest BCUT2D eigenvalue weighted by Crippen LogP contribution is -2.54. The second-order valence-corrected chi connectivity index (χ2v) is 6.68. The van der Waals surface area contributed by atoms with E-state index in [0.717, 1.165) is 25.9 Å².